The first kappa shape index (κ1) is 27.3. The molecule has 3 unspecified atom stereocenters. The van der Waals surface area contributed by atoms with Crippen molar-refractivity contribution in [3.05, 3.63) is 34.3 Å². The number of halogens is 1. The van der Waals surface area contributed by atoms with Crippen molar-refractivity contribution in [1.82, 2.24) is 10.6 Å². The maximum Gasteiger partial charge on any atom is 0.315 e. The van der Waals surface area contributed by atoms with E-state index in [4.69, 9.17) is 16.3 Å². The topological polar surface area (TPSA) is 87.7 Å². The molecule has 5 rings (SSSR count). The Labute approximate surface area is 220 Å². The Morgan fingerprint density at radius 2 is 1.78 bits per heavy atom. The third-order valence-corrected chi connectivity index (χ3v) is 9.83. The molecule has 6 nitrogen and oxygen atoms in total. The number of aliphatic hydroxyl groups is 1. The van der Waals surface area contributed by atoms with Gasteiger partial charge in [0.25, 0.3) is 0 Å². The summed E-state index contributed by atoms with van der Waals surface area (Å²) in [6, 6.07) is 5.89. The molecule has 0 aliphatic heterocycles. The van der Waals surface area contributed by atoms with Crippen LogP contribution in [0.15, 0.2) is 18.2 Å². The number of nitrogens with one attached hydrogen (secondary N) is 2. The molecule has 4 aliphatic carbocycles. The second kappa shape index (κ2) is 8.90. The third kappa shape index (κ3) is 4.53. The van der Waals surface area contributed by atoms with Crippen molar-refractivity contribution in [1.29, 1.82) is 0 Å². The number of amides is 2. The number of carbonyl (C=O) groups is 2. The van der Waals surface area contributed by atoms with Gasteiger partial charge in [0, 0.05) is 23.1 Å². The van der Waals surface area contributed by atoms with E-state index in [1.165, 1.54) is 7.11 Å². The maximum absolute atomic E-state index is 13.4. The lowest BCUT2D eigenvalue weighted by Crippen LogP contribution is -2.78. The lowest BCUT2D eigenvalue weighted by atomic mass is 9.39. The normalized spacial score (nSPS) is 34.4. The van der Waals surface area contributed by atoms with Crippen LogP contribution in [0.3, 0.4) is 0 Å². The fourth-order valence-electron chi connectivity index (χ4n) is 7.19. The van der Waals surface area contributed by atoms with Crippen LogP contribution < -0.4 is 10.6 Å². The second-order valence-electron chi connectivity index (χ2n) is 13.7. The molecule has 2 amide bonds. The van der Waals surface area contributed by atoms with E-state index in [1.54, 1.807) is 0 Å². The average molecular weight is 519 g/mol. The van der Waals surface area contributed by atoms with Gasteiger partial charge in [0.05, 0.1) is 18.1 Å². The van der Waals surface area contributed by atoms with Gasteiger partial charge in [-0.25, -0.2) is 4.79 Å². The third-order valence-electron chi connectivity index (χ3n) is 9.48. The van der Waals surface area contributed by atoms with Crippen molar-refractivity contribution < 1.29 is 19.4 Å². The van der Waals surface area contributed by atoms with E-state index in [0.717, 1.165) is 24.0 Å². The second-order valence-corrected chi connectivity index (χ2v) is 14.2. The number of ether oxygens (including phenoxy) is 1. The molecule has 0 saturated heterocycles. The van der Waals surface area contributed by atoms with Gasteiger partial charge in [-0.15, -0.1) is 0 Å². The van der Waals surface area contributed by atoms with Crippen LogP contribution in [0.4, 0.5) is 4.79 Å². The van der Waals surface area contributed by atoms with Crippen LogP contribution in [0.1, 0.15) is 84.8 Å². The van der Waals surface area contributed by atoms with Gasteiger partial charge in [-0.3, -0.25) is 4.79 Å². The van der Waals surface area contributed by atoms with Gasteiger partial charge < -0.3 is 20.5 Å². The fourth-order valence-corrected chi connectivity index (χ4v) is 7.46. The molecule has 1 aromatic carbocycles. The lowest BCUT2D eigenvalue weighted by molar-refractivity contribution is -0.199. The van der Waals surface area contributed by atoms with E-state index in [9.17, 15) is 14.7 Å². The molecule has 0 spiro atoms. The molecular weight excluding hydrogens is 476 g/mol. The van der Waals surface area contributed by atoms with Crippen molar-refractivity contribution in [3.63, 3.8) is 0 Å². The number of esters is 1. The summed E-state index contributed by atoms with van der Waals surface area (Å²) in [6.45, 7) is 13.2. The van der Waals surface area contributed by atoms with Crippen molar-refractivity contribution in [2.24, 2.45) is 28.1 Å². The Hall–Kier alpha value is -1.79. The molecule has 3 atom stereocenters. The summed E-state index contributed by atoms with van der Waals surface area (Å²) >= 11 is 6.80. The van der Waals surface area contributed by atoms with Gasteiger partial charge in [-0.1, -0.05) is 65.3 Å². The quantitative estimate of drug-likeness (QED) is 0.411. The van der Waals surface area contributed by atoms with Crippen LogP contribution in [-0.2, 0) is 21.5 Å². The SMILES string of the molecule is COC(=O)C12CC(NC(=O)NC3(c4ccc(CCC(C)(C)C)c(Cl)c4)CC(C)(C)C(C)C3CO)(C1)C2. The number of aliphatic hydroxyl groups excluding tert-OH is 1. The van der Waals surface area contributed by atoms with Crippen LogP contribution in [0.2, 0.25) is 5.02 Å². The van der Waals surface area contributed by atoms with Gasteiger partial charge in [-0.2, -0.15) is 0 Å². The minimum absolute atomic E-state index is 0.0368. The molecule has 1 aromatic rings. The molecular formula is C29H43ClN2O4. The maximum atomic E-state index is 13.4. The van der Waals surface area contributed by atoms with Crippen LogP contribution in [-0.4, -0.2) is 36.4 Å². The van der Waals surface area contributed by atoms with Gasteiger partial charge in [0.1, 0.15) is 0 Å². The van der Waals surface area contributed by atoms with E-state index in [1.807, 2.05) is 6.07 Å². The molecule has 200 valence electrons. The van der Waals surface area contributed by atoms with Crippen LogP contribution in [0, 0.1) is 28.1 Å². The van der Waals surface area contributed by atoms with Crippen molar-refractivity contribution in [2.75, 3.05) is 13.7 Å². The molecule has 0 radical (unpaired) electrons. The molecule has 0 heterocycles. The van der Waals surface area contributed by atoms with Crippen molar-refractivity contribution in [2.45, 2.75) is 91.1 Å². The van der Waals surface area contributed by atoms with Crippen molar-refractivity contribution in [3.8, 4) is 0 Å². The predicted octanol–water partition coefficient (Wildman–Crippen LogP) is 5.58. The minimum atomic E-state index is -0.752. The highest BCUT2D eigenvalue weighted by molar-refractivity contribution is 6.31. The molecule has 7 heteroatoms. The van der Waals surface area contributed by atoms with Crippen molar-refractivity contribution >= 4 is 23.6 Å². The summed E-state index contributed by atoms with van der Waals surface area (Å²) in [5.41, 5.74) is 0.630. The monoisotopic (exact) mass is 518 g/mol. The number of carbonyl (C=O) groups excluding carboxylic acids is 2. The zero-order valence-electron chi connectivity index (χ0n) is 22.9. The summed E-state index contributed by atoms with van der Waals surface area (Å²) in [6.07, 6.45) is 4.46. The Balaban J connectivity index is 1.59. The Bertz CT molecular complexity index is 1030. The van der Waals surface area contributed by atoms with Crippen LogP contribution in [0.25, 0.3) is 0 Å². The van der Waals surface area contributed by atoms with Gasteiger partial charge in [-0.05, 0) is 72.5 Å². The van der Waals surface area contributed by atoms with Gasteiger partial charge in [0.2, 0.25) is 0 Å². The number of benzene rings is 1. The zero-order chi connectivity index (χ0) is 26.7. The van der Waals surface area contributed by atoms with Crippen LogP contribution >= 0.6 is 11.6 Å². The predicted molar refractivity (Wildman–Crippen MR) is 142 cm³/mol. The number of aryl methyl sites for hydroxylation is 1. The smallest absolute Gasteiger partial charge is 0.315 e. The van der Waals surface area contributed by atoms with E-state index >= 15 is 0 Å². The minimum Gasteiger partial charge on any atom is -0.469 e. The Morgan fingerprint density at radius 3 is 2.31 bits per heavy atom. The highest BCUT2D eigenvalue weighted by atomic mass is 35.5. The fraction of sp³-hybridized carbons (Fsp3) is 0.724. The molecule has 4 aliphatic rings. The Morgan fingerprint density at radius 1 is 1.14 bits per heavy atom. The summed E-state index contributed by atoms with van der Waals surface area (Å²) < 4.78 is 4.94. The number of methoxy groups -OCH3 is 1. The summed E-state index contributed by atoms with van der Waals surface area (Å²) in [4.78, 5) is 25.5. The average Bonchev–Trinajstić information content (AvgIpc) is 2.92. The summed E-state index contributed by atoms with van der Waals surface area (Å²) in [7, 11) is 1.41. The molecule has 3 N–H and O–H groups in total. The highest BCUT2D eigenvalue weighted by Crippen LogP contribution is 2.67. The molecule has 2 bridgehead atoms. The molecule has 0 aromatic heterocycles. The van der Waals surface area contributed by atoms with Gasteiger partial charge in [0.15, 0.2) is 0 Å². The number of hydrogen-bond acceptors (Lipinski definition) is 4. The standard InChI is InChI=1S/C29H43ClN2O4/c1-18-21(13-33)29(14-26(18,5)6,20-9-8-19(22(30)12-20)10-11-25(2,3)4)32-24(35)31-28-15-27(16-28,17-28)23(34)36-7/h8-9,12,18,21,33H,10-11,13-17H2,1-7H3,(H2,31,32,35). The molecule has 4 fully saturated rings. The number of hydrogen-bond donors (Lipinski definition) is 3. The van der Waals surface area contributed by atoms with E-state index < -0.39 is 11.0 Å². The number of rotatable bonds is 7. The lowest BCUT2D eigenvalue weighted by Gasteiger charge is -2.68. The first-order valence-corrected chi connectivity index (χ1v) is 13.6. The Kier molecular flexibility index (Phi) is 6.74. The molecule has 36 heavy (non-hydrogen) atoms. The summed E-state index contributed by atoms with van der Waals surface area (Å²) in [5.74, 6) is -0.167. The van der Waals surface area contributed by atoms with E-state index in [-0.39, 0.29) is 46.8 Å². The van der Waals surface area contributed by atoms with E-state index in [0.29, 0.717) is 30.7 Å². The first-order valence-electron chi connectivity index (χ1n) is 13.2. The zero-order valence-corrected chi connectivity index (χ0v) is 23.6. The van der Waals surface area contributed by atoms with Crippen LogP contribution in [0.5, 0.6) is 0 Å². The van der Waals surface area contributed by atoms with Gasteiger partial charge >= 0.3 is 12.0 Å². The number of urea groups is 1. The molecule has 4 saturated carbocycles. The van der Waals surface area contributed by atoms with E-state index in [2.05, 4.69) is 64.3 Å². The highest BCUT2D eigenvalue weighted by Gasteiger charge is 2.73. The largest absolute Gasteiger partial charge is 0.469 e. The first-order chi connectivity index (χ1) is 16.6. The summed E-state index contributed by atoms with van der Waals surface area (Å²) in [5, 5.41) is 17.7.